The molecule has 8 nitrogen and oxygen atoms in total. The Morgan fingerprint density at radius 1 is 0.304 bits per heavy atom. The molecule has 2 fully saturated rings. The Labute approximate surface area is 785 Å². The first kappa shape index (κ1) is 92.7. The summed E-state index contributed by atoms with van der Waals surface area (Å²) in [7, 11) is -7.65. The number of nitrogens with zero attached hydrogens (tertiary/aromatic N) is 2. The van der Waals surface area contributed by atoms with Crippen molar-refractivity contribution < 1.29 is 27.7 Å². The van der Waals surface area contributed by atoms with Crippen molar-refractivity contribution >= 4 is 231 Å². The Kier molecular flexibility index (Phi) is 30.9. The maximum atomic E-state index is 13.9. The zero-order valence-electron chi connectivity index (χ0n) is 70.3. The van der Waals surface area contributed by atoms with E-state index in [0.29, 0.717) is 0 Å². The van der Waals surface area contributed by atoms with E-state index in [0.717, 1.165) is 104 Å². The van der Waals surface area contributed by atoms with Gasteiger partial charge in [-0.15, -0.1) is 0 Å². The van der Waals surface area contributed by atoms with Crippen molar-refractivity contribution in [2.24, 2.45) is 0 Å². The fourth-order valence-corrected chi connectivity index (χ4v) is 25.1. The number of hydrogen-bond acceptors (Lipinski definition) is 7. The Bertz CT molecular complexity index is 6140. The number of aromatic nitrogens is 2. The lowest BCUT2D eigenvalue weighted by molar-refractivity contribution is 0.00578. The van der Waals surface area contributed by atoms with Gasteiger partial charge in [0.05, 0.1) is 46.2 Å². The summed E-state index contributed by atoms with van der Waals surface area (Å²) in [5, 5.41) is 13.9. The third kappa shape index (κ3) is 22.1. The van der Waals surface area contributed by atoms with Crippen LogP contribution in [0.1, 0.15) is 55.4 Å². The van der Waals surface area contributed by atoms with Crippen molar-refractivity contribution in [2.75, 3.05) is 0 Å². The second-order valence-electron chi connectivity index (χ2n) is 31.8. The smallest absolute Gasteiger partial charge is 0.399 e. The summed E-state index contributed by atoms with van der Waals surface area (Å²) in [6, 6.07) is 138. The van der Waals surface area contributed by atoms with Crippen molar-refractivity contribution in [1.82, 2.24) is 9.38 Å². The van der Waals surface area contributed by atoms with E-state index in [1.807, 2.05) is 231 Å². The summed E-state index contributed by atoms with van der Waals surface area (Å²) < 4.78 is 60.7. The number of fused-ring (bicyclic) bond motifs is 5. The lowest BCUT2D eigenvalue weighted by atomic mass is 9.78. The quantitative estimate of drug-likeness (QED) is 0.0791. The van der Waals surface area contributed by atoms with Crippen LogP contribution in [-0.4, -0.2) is 46.0 Å². The zero-order chi connectivity index (χ0) is 87.9. The van der Waals surface area contributed by atoms with Gasteiger partial charge in [0, 0.05) is 70.5 Å². The van der Waals surface area contributed by atoms with Crippen LogP contribution < -0.4 is 69.3 Å². The van der Waals surface area contributed by atoms with E-state index >= 15 is 0 Å². The first-order valence-corrected chi connectivity index (χ1v) is 51.9. The van der Waals surface area contributed by atoms with Gasteiger partial charge in [-0.1, -0.05) is 400 Å². The second-order valence-corrected chi connectivity index (χ2v) is 46.8. The molecular formula is C105H92B2Br5ClN2O6P4. The Morgan fingerprint density at radius 3 is 0.944 bits per heavy atom. The van der Waals surface area contributed by atoms with E-state index in [2.05, 4.69) is 321 Å². The molecule has 0 N–H and O–H groups in total. The fourth-order valence-electron chi connectivity index (χ4n) is 14.3. The molecule has 0 unspecified atom stereocenters. The molecule has 0 bridgehead atoms. The van der Waals surface area contributed by atoms with Gasteiger partial charge in [-0.3, -0.25) is 4.40 Å². The van der Waals surface area contributed by atoms with E-state index in [4.69, 9.17) is 34.8 Å². The molecule has 125 heavy (non-hydrogen) atoms. The van der Waals surface area contributed by atoms with Gasteiger partial charge >= 0.3 is 14.2 Å². The van der Waals surface area contributed by atoms with E-state index < -0.39 is 54.9 Å². The molecule has 2 aromatic heterocycles. The molecule has 2 aliphatic heterocycles. The molecule has 0 spiro atoms. The molecule has 0 saturated carbocycles. The first-order chi connectivity index (χ1) is 60.2. The Balaban J connectivity index is 0.000000130. The molecule has 2 aliphatic rings. The molecule has 4 heterocycles. The van der Waals surface area contributed by atoms with Gasteiger partial charge in [0.1, 0.15) is 5.82 Å². The summed E-state index contributed by atoms with van der Waals surface area (Å²) in [6.45, 7) is 16.6. The van der Waals surface area contributed by atoms with Gasteiger partial charge < -0.3 is 27.7 Å². The van der Waals surface area contributed by atoms with Gasteiger partial charge in [0.15, 0.2) is 14.3 Å². The van der Waals surface area contributed by atoms with Crippen molar-refractivity contribution in [3.8, 4) is 11.4 Å². The van der Waals surface area contributed by atoms with Crippen LogP contribution in [-0.2, 0) is 27.7 Å². The molecule has 2 saturated heterocycles. The lowest BCUT2D eigenvalue weighted by Gasteiger charge is -2.32. The van der Waals surface area contributed by atoms with Crippen LogP contribution in [0.2, 0.25) is 0 Å². The van der Waals surface area contributed by atoms with E-state index in [-0.39, 0.29) is 11.2 Å². The van der Waals surface area contributed by atoms with Crippen molar-refractivity contribution in [2.45, 2.75) is 77.8 Å². The molecular weight excluding hydrogens is 1970 g/mol. The SMILES string of the molecule is Brc1ccc(Br)cc1.Brc1ccc(P(c2ccccc2)c2ccccc2)cc1.CC1(C)OB(c2ccc(-c3nc4ccc(B5OC(C)(C)C(C)(C)O5)cc4c4cc5ccccc5n34)cc2)OC1(C)C.ClP(c1ccccc1)c1ccccc1.O=P(c1ccccc1)(c1ccccc1)c1ccc(Br)cc1.O=P(c1ccccc1)(c1ccccc1)c1ccc(Br)cc1. The standard InChI is InChI=1S/C33H36B2N2O4.2C18H14BrOP.C18H14BrP.C12H10ClP.C6H4Br2/c1-30(2)31(3,4)39-34(38-30)23-15-13-21(14-16-23)29-36-26-18-17-24(35-40-32(5,6)33(7,8)41-35)20-25(26)28-19-22-11-9-10-12-27(22)37(28)29;2*19-15-11-13-18(14-12-15)21(20,16-7-3-1-4-8-16)17-9-5-2-6-10-17;19-15-11-13-18(14-12-15)20(16-7-3-1-4-8-16)17-9-5-2-6-10-17;13-14(11-7-3-1-4-8-11)12-9-5-2-6-10-12;7-5-1-2-6(8)4-3-5/h9-20H,1-8H3;2*1-14H;1-14H;1-10H;1-4H. The van der Waals surface area contributed by atoms with Crippen LogP contribution in [0, 0.1) is 0 Å². The molecule has 0 aliphatic carbocycles. The minimum Gasteiger partial charge on any atom is -0.399 e. The van der Waals surface area contributed by atoms with E-state index in [1.165, 1.54) is 26.5 Å². The van der Waals surface area contributed by atoms with Gasteiger partial charge in [0.25, 0.3) is 0 Å². The Hall–Kier alpha value is -8.51. The van der Waals surface area contributed by atoms with Crippen LogP contribution in [0.25, 0.3) is 38.7 Å². The topological polar surface area (TPSA) is 88.4 Å². The van der Waals surface area contributed by atoms with Gasteiger partial charge in [-0.05, 0) is 204 Å². The highest BCUT2D eigenvalue weighted by Gasteiger charge is 2.53. The predicted octanol–water partition coefficient (Wildman–Crippen LogP) is 24.8. The second kappa shape index (κ2) is 41.7. The van der Waals surface area contributed by atoms with Crippen LogP contribution in [0.5, 0.6) is 0 Å². The number of para-hydroxylation sites is 1. The fraction of sp³-hybridized carbons (Fsp3) is 0.114. The van der Waals surface area contributed by atoms with Crippen molar-refractivity contribution in [3.05, 3.63) is 435 Å². The van der Waals surface area contributed by atoms with Gasteiger partial charge in [0.2, 0.25) is 0 Å². The maximum Gasteiger partial charge on any atom is 0.494 e. The minimum atomic E-state index is -2.82. The van der Waals surface area contributed by atoms with Crippen molar-refractivity contribution in [3.63, 3.8) is 0 Å². The largest absolute Gasteiger partial charge is 0.494 e. The summed E-state index contributed by atoms with van der Waals surface area (Å²) in [5.74, 6) is 0.887. The highest BCUT2D eigenvalue weighted by atomic mass is 79.9. The molecule has 17 aromatic rings. The molecule has 15 aromatic carbocycles. The summed E-state index contributed by atoms with van der Waals surface area (Å²) in [4.78, 5) is 5.21. The van der Waals surface area contributed by atoms with E-state index in [9.17, 15) is 9.13 Å². The molecule has 0 atom stereocenters. The van der Waals surface area contributed by atoms with E-state index in [1.54, 1.807) is 0 Å². The highest BCUT2D eigenvalue weighted by Crippen LogP contribution is 2.46. The van der Waals surface area contributed by atoms with Crippen LogP contribution in [0.4, 0.5) is 0 Å². The highest BCUT2D eigenvalue weighted by molar-refractivity contribution is 9.11. The van der Waals surface area contributed by atoms with Gasteiger partial charge in [-0.25, -0.2) is 4.98 Å². The molecule has 19 rings (SSSR count). The van der Waals surface area contributed by atoms with Crippen LogP contribution in [0.15, 0.2) is 435 Å². The average molecular weight is 2060 g/mol. The van der Waals surface area contributed by atoms with Crippen LogP contribution in [0.3, 0.4) is 0 Å². The molecule has 0 radical (unpaired) electrons. The third-order valence-corrected chi connectivity index (χ3v) is 36.3. The normalized spacial score (nSPS) is 14.1. The number of rotatable bonds is 14. The molecule has 0 amide bonds. The first-order valence-electron chi connectivity index (χ1n) is 40.9. The zero-order valence-corrected chi connectivity index (χ0v) is 82.6. The van der Waals surface area contributed by atoms with Crippen molar-refractivity contribution in [1.29, 1.82) is 0 Å². The average Bonchev–Trinajstić information content (AvgIpc) is 1.57. The summed E-state index contributed by atoms with van der Waals surface area (Å²) in [6.07, 6.45) is 0. The Morgan fingerprint density at radius 2 is 0.584 bits per heavy atom. The molecule has 20 heteroatoms. The predicted molar refractivity (Wildman–Crippen MR) is 554 cm³/mol. The lowest BCUT2D eigenvalue weighted by Crippen LogP contribution is -2.41. The van der Waals surface area contributed by atoms with Gasteiger partial charge in [-0.2, -0.15) is 0 Å². The molecule has 626 valence electrons. The number of halogens is 6. The van der Waals surface area contributed by atoms with Crippen LogP contribution >= 0.6 is 120 Å². The number of hydrogen-bond donors (Lipinski definition) is 0. The summed E-state index contributed by atoms with van der Waals surface area (Å²) in [5.41, 5.74) is 4.57. The minimum absolute atomic E-state index is 0.384. The summed E-state index contributed by atoms with van der Waals surface area (Å²) >= 11 is 23.4. The number of benzene rings is 15. The maximum absolute atomic E-state index is 13.9. The monoisotopic (exact) mass is 2050 g/mol. The third-order valence-electron chi connectivity index (χ3n) is 22.4.